The Morgan fingerprint density at radius 2 is 2.50 bits per heavy atom. The topological polar surface area (TPSA) is 101 Å². The molecule has 0 aromatic rings. The van der Waals surface area contributed by atoms with Crippen molar-refractivity contribution in [1.82, 2.24) is 16.1 Å². The summed E-state index contributed by atoms with van der Waals surface area (Å²) in [6, 6.07) is 0.131. The van der Waals surface area contributed by atoms with Crippen LogP contribution in [0.5, 0.6) is 0 Å². The van der Waals surface area contributed by atoms with E-state index in [1.165, 1.54) is 0 Å². The Morgan fingerprint density at radius 1 is 1.67 bits per heavy atom. The third-order valence-corrected chi connectivity index (χ3v) is 2.65. The van der Waals surface area contributed by atoms with Gasteiger partial charge in [-0.3, -0.25) is 15.2 Å². The van der Waals surface area contributed by atoms with Crippen molar-refractivity contribution in [3.63, 3.8) is 0 Å². The van der Waals surface area contributed by atoms with Crippen LogP contribution in [0.2, 0.25) is 0 Å². The Kier molecular flexibility index (Phi) is 7.12. The third kappa shape index (κ3) is 5.83. The van der Waals surface area contributed by atoms with Crippen LogP contribution in [-0.2, 0) is 9.53 Å². The lowest BCUT2D eigenvalue weighted by atomic mass is 10.2. The van der Waals surface area contributed by atoms with Gasteiger partial charge < -0.3 is 15.4 Å². The Balaban J connectivity index is 2.16. The molecule has 0 bridgehead atoms. The normalized spacial score (nSPS) is 19.8. The number of hydrazine groups is 1. The van der Waals surface area contributed by atoms with Crippen LogP contribution in [0.3, 0.4) is 0 Å². The van der Waals surface area contributed by atoms with Crippen LogP contribution in [0, 0.1) is 0 Å². The van der Waals surface area contributed by atoms with Crippen LogP contribution in [0.25, 0.3) is 0 Å². The molecule has 1 aliphatic rings. The third-order valence-electron chi connectivity index (χ3n) is 2.65. The SMILES string of the molecule is CCOCCCNC(=NCC1CCC(=O)N1)NN. The number of aliphatic imine (C=N–C) groups is 1. The van der Waals surface area contributed by atoms with Gasteiger partial charge in [0.05, 0.1) is 6.54 Å². The smallest absolute Gasteiger partial charge is 0.220 e. The Bertz CT molecular complexity index is 283. The second-order valence-corrected chi connectivity index (χ2v) is 4.11. The summed E-state index contributed by atoms with van der Waals surface area (Å²) in [4.78, 5) is 15.3. The van der Waals surface area contributed by atoms with Crippen molar-refractivity contribution in [3.8, 4) is 0 Å². The average Bonchev–Trinajstić information content (AvgIpc) is 2.78. The lowest BCUT2D eigenvalue weighted by molar-refractivity contribution is -0.119. The summed E-state index contributed by atoms with van der Waals surface area (Å²) >= 11 is 0. The maximum Gasteiger partial charge on any atom is 0.220 e. The van der Waals surface area contributed by atoms with E-state index in [-0.39, 0.29) is 11.9 Å². The minimum absolute atomic E-state index is 0.0992. The van der Waals surface area contributed by atoms with E-state index in [0.29, 0.717) is 18.9 Å². The van der Waals surface area contributed by atoms with Gasteiger partial charge in [-0.2, -0.15) is 0 Å². The van der Waals surface area contributed by atoms with Crippen molar-refractivity contribution in [2.75, 3.05) is 26.3 Å². The van der Waals surface area contributed by atoms with Gasteiger partial charge in [-0.05, 0) is 19.8 Å². The number of carbonyl (C=O) groups excluding carboxylic acids is 1. The van der Waals surface area contributed by atoms with Gasteiger partial charge in [0.15, 0.2) is 0 Å². The molecule has 5 N–H and O–H groups in total. The van der Waals surface area contributed by atoms with Gasteiger partial charge in [0.2, 0.25) is 11.9 Å². The highest BCUT2D eigenvalue weighted by atomic mass is 16.5. The van der Waals surface area contributed by atoms with E-state index in [9.17, 15) is 4.79 Å². The van der Waals surface area contributed by atoms with E-state index in [1.54, 1.807) is 0 Å². The fourth-order valence-corrected chi connectivity index (χ4v) is 1.69. The van der Waals surface area contributed by atoms with Crippen LogP contribution in [0.15, 0.2) is 4.99 Å². The molecule has 1 unspecified atom stereocenters. The summed E-state index contributed by atoms with van der Waals surface area (Å²) in [5.74, 6) is 6.01. The molecule has 0 spiro atoms. The van der Waals surface area contributed by atoms with E-state index in [1.807, 2.05) is 6.92 Å². The molecule has 7 nitrogen and oxygen atoms in total. The van der Waals surface area contributed by atoms with Crippen LogP contribution in [-0.4, -0.2) is 44.2 Å². The molecule has 1 amide bonds. The van der Waals surface area contributed by atoms with Crippen molar-refractivity contribution in [2.24, 2.45) is 10.8 Å². The van der Waals surface area contributed by atoms with Crippen LogP contribution >= 0.6 is 0 Å². The monoisotopic (exact) mass is 257 g/mol. The molecule has 104 valence electrons. The zero-order valence-corrected chi connectivity index (χ0v) is 10.9. The van der Waals surface area contributed by atoms with Crippen LogP contribution < -0.4 is 21.9 Å². The van der Waals surface area contributed by atoms with E-state index >= 15 is 0 Å². The maximum absolute atomic E-state index is 11.0. The molecule has 0 radical (unpaired) electrons. The van der Waals surface area contributed by atoms with Crippen molar-refractivity contribution >= 4 is 11.9 Å². The number of amides is 1. The first-order valence-corrected chi connectivity index (χ1v) is 6.38. The van der Waals surface area contributed by atoms with Gasteiger partial charge in [0.25, 0.3) is 0 Å². The van der Waals surface area contributed by atoms with Gasteiger partial charge in [-0.15, -0.1) is 0 Å². The summed E-state index contributed by atoms with van der Waals surface area (Å²) in [7, 11) is 0. The predicted molar refractivity (Wildman–Crippen MR) is 69.9 cm³/mol. The highest BCUT2D eigenvalue weighted by Crippen LogP contribution is 2.06. The summed E-state index contributed by atoms with van der Waals surface area (Å²) in [6.45, 7) is 4.72. The molecule has 18 heavy (non-hydrogen) atoms. The number of ether oxygens (including phenoxy) is 1. The van der Waals surface area contributed by atoms with Crippen molar-refractivity contribution in [1.29, 1.82) is 0 Å². The fraction of sp³-hybridized carbons (Fsp3) is 0.818. The number of nitrogens with one attached hydrogen (secondary N) is 3. The minimum Gasteiger partial charge on any atom is -0.382 e. The molecule has 0 aromatic carbocycles. The molecule has 1 atom stereocenters. The predicted octanol–water partition coefficient (Wildman–Crippen LogP) is -0.899. The number of carbonyl (C=O) groups is 1. The van der Waals surface area contributed by atoms with E-state index < -0.39 is 0 Å². The van der Waals surface area contributed by atoms with Gasteiger partial charge >= 0.3 is 0 Å². The molecule has 0 aliphatic carbocycles. The number of hydrogen-bond acceptors (Lipinski definition) is 4. The number of nitrogens with zero attached hydrogens (tertiary/aromatic N) is 1. The van der Waals surface area contributed by atoms with Crippen molar-refractivity contribution in [3.05, 3.63) is 0 Å². The average molecular weight is 257 g/mol. The van der Waals surface area contributed by atoms with Crippen molar-refractivity contribution in [2.45, 2.75) is 32.2 Å². The lowest BCUT2D eigenvalue weighted by Gasteiger charge is -2.11. The molecular formula is C11H23N5O2. The first-order chi connectivity index (χ1) is 8.76. The van der Waals surface area contributed by atoms with E-state index in [4.69, 9.17) is 10.6 Å². The Labute approximate surface area is 108 Å². The molecule has 1 heterocycles. The first-order valence-electron chi connectivity index (χ1n) is 6.38. The van der Waals surface area contributed by atoms with E-state index in [2.05, 4.69) is 21.1 Å². The molecule has 1 aliphatic heterocycles. The number of guanidine groups is 1. The van der Waals surface area contributed by atoms with Gasteiger partial charge in [0, 0.05) is 32.2 Å². The van der Waals surface area contributed by atoms with E-state index in [0.717, 1.165) is 32.6 Å². The zero-order chi connectivity index (χ0) is 13.2. The molecule has 1 rings (SSSR count). The summed E-state index contributed by atoms with van der Waals surface area (Å²) < 4.78 is 5.22. The Morgan fingerprint density at radius 3 is 3.11 bits per heavy atom. The second-order valence-electron chi connectivity index (χ2n) is 4.11. The molecule has 7 heteroatoms. The second kappa shape index (κ2) is 8.71. The molecule has 0 saturated carbocycles. The molecule has 1 fully saturated rings. The summed E-state index contributed by atoms with van der Waals surface area (Å²) in [5.41, 5.74) is 2.51. The Hall–Kier alpha value is -1.34. The number of hydrogen-bond donors (Lipinski definition) is 4. The highest BCUT2D eigenvalue weighted by Gasteiger charge is 2.19. The zero-order valence-electron chi connectivity index (χ0n) is 10.9. The van der Waals surface area contributed by atoms with Crippen LogP contribution in [0.4, 0.5) is 0 Å². The minimum atomic E-state index is 0.0992. The van der Waals surface area contributed by atoms with Gasteiger partial charge in [-0.1, -0.05) is 0 Å². The van der Waals surface area contributed by atoms with Gasteiger partial charge in [-0.25, -0.2) is 5.84 Å². The standard InChI is InChI=1S/C11H23N5O2/c1-2-18-7-3-6-13-11(16-12)14-8-9-4-5-10(17)15-9/h9H,2-8,12H2,1H3,(H,15,17)(H2,13,14,16). The largest absolute Gasteiger partial charge is 0.382 e. The lowest BCUT2D eigenvalue weighted by Crippen LogP contribution is -2.43. The summed E-state index contributed by atoms with van der Waals surface area (Å²) in [5, 5.41) is 5.94. The maximum atomic E-state index is 11.0. The number of nitrogens with two attached hydrogens (primary N) is 1. The number of rotatable bonds is 7. The quantitative estimate of drug-likeness (QED) is 0.156. The first kappa shape index (κ1) is 14.7. The summed E-state index contributed by atoms with van der Waals surface area (Å²) in [6.07, 6.45) is 2.33. The van der Waals surface area contributed by atoms with Crippen LogP contribution in [0.1, 0.15) is 26.2 Å². The highest BCUT2D eigenvalue weighted by molar-refractivity contribution is 5.80. The van der Waals surface area contributed by atoms with Gasteiger partial charge in [0.1, 0.15) is 0 Å². The molecule has 0 aromatic heterocycles. The molecule has 1 saturated heterocycles. The molecular weight excluding hydrogens is 234 g/mol. The van der Waals surface area contributed by atoms with Crippen molar-refractivity contribution < 1.29 is 9.53 Å². The fourth-order valence-electron chi connectivity index (χ4n) is 1.69.